The summed E-state index contributed by atoms with van der Waals surface area (Å²) in [6, 6.07) is 8.20. The highest BCUT2D eigenvalue weighted by atomic mass is 16.4. The molecule has 1 fully saturated rings. The van der Waals surface area contributed by atoms with Crippen LogP contribution in [0.2, 0.25) is 0 Å². The number of amides is 1. The van der Waals surface area contributed by atoms with Gasteiger partial charge in [-0.3, -0.25) is 9.59 Å². The first-order valence-corrected chi connectivity index (χ1v) is 7.54. The van der Waals surface area contributed by atoms with Crippen molar-refractivity contribution >= 4 is 11.9 Å². The molecule has 1 saturated carbocycles. The van der Waals surface area contributed by atoms with E-state index in [-0.39, 0.29) is 11.9 Å². The van der Waals surface area contributed by atoms with Crippen LogP contribution in [0.25, 0.3) is 0 Å². The molecule has 3 atom stereocenters. The molecule has 0 bridgehead atoms. The lowest BCUT2D eigenvalue weighted by Gasteiger charge is -2.26. The minimum Gasteiger partial charge on any atom is -0.481 e. The predicted molar refractivity (Wildman–Crippen MR) is 78.7 cm³/mol. The molecule has 0 aliphatic heterocycles. The molecule has 1 aromatic rings. The zero-order valence-electron chi connectivity index (χ0n) is 12.4. The van der Waals surface area contributed by atoms with Crippen LogP contribution in [0.5, 0.6) is 0 Å². The first-order valence-electron chi connectivity index (χ1n) is 7.54. The summed E-state index contributed by atoms with van der Waals surface area (Å²) in [5.74, 6) is -1.96. The van der Waals surface area contributed by atoms with Crippen LogP contribution in [0.4, 0.5) is 0 Å². The van der Waals surface area contributed by atoms with E-state index >= 15 is 0 Å². The van der Waals surface area contributed by atoms with Crippen LogP contribution in [0.1, 0.15) is 43.9 Å². The third-order valence-electron chi connectivity index (χ3n) is 5.06. The molecule has 0 heterocycles. The van der Waals surface area contributed by atoms with Gasteiger partial charge in [0.1, 0.15) is 0 Å². The minimum atomic E-state index is -0.871. The van der Waals surface area contributed by atoms with Crippen LogP contribution < -0.4 is 5.32 Å². The maximum Gasteiger partial charge on any atom is 0.307 e. The van der Waals surface area contributed by atoms with Crippen molar-refractivity contribution in [3.63, 3.8) is 0 Å². The van der Waals surface area contributed by atoms with Crippen molar-refractivity contribution in [2.75, 3.05) is 0 Å². The summed E-state index contributed by atoms with van der Waals surface area (Å²) >= 11 is 0. The molecule has 4 heteroatoms. The molecule has 1 amide bonds. The van der Waals surface area contributed by atoms with Crippen molar-refractivity contribution in [2.45, 2.75) is 39.2 Å². The third kappa shape index (κ3) is 2.33. The molecule has 0 radical (unpaired) electrons. The van der Waals surface area contributed by atoms with Gasteiger partial charge >= 0.3 is 5.97 Å². The van der Waals surface area contributed by atoms with Gasteiger partial charge in [-0.2, -0.15) is 0 Å². The van der Waals surface area contributed by atoms with Gasteiger partial charge in [0, 0.05) is 0 Å². The van der Waals surface area contributed by atoms with E-state index in [1.165, 1.54) is 11.1 Å². The Kier molecular flexibility index (Phi) is 3.27. The molecule has 0 aromatic heterocycles. The van der Waals surface area contributed by atoms with Gasteiger partial charge in [-0.15, -0.1) is 0 Å². The van der Waals surface area contributed by atoms with E-state index in [1.54, 1.807) is 0 Å². The lowest BCUT2D eigenvalue weighted by molar-refractivity contribution is -0.140. The fraction of sp³-hybridized carbons (Fsp3) is 0.529. The fourth-order valence-electron chi connectivity index (χ4n) is 3.75. The van der Waals surface area contributed by atoms with Crippen molar-refractivity contribution in [1.29, 1.82) is 0 Å². The molecule has 4 nitrogen and oxygen atoms in total. The van der Waals surface area contributed by atoms with E-state index in [0.717, 1.165) is 19.3 Å². The Morgan fingerprint density at radius 2 is 1.95 bits per heavy atom. The number of hydrogen-bond acceptors (Lipinski definition) is 2. The number of carboxylic acid groups (broad SMARTS) is 1. The topological polar surface area (TPSA) is 66.4 Å². The standard InChI is InChI=1S/C17H21NO3/c1-17(2)13(14(17)16(20)21)15(19)18-12-9-5-7-10-6-3-4-8-11(10)12/h3-4,6,8,12-14H,5,7,9H2,1-2H3,(H,18,19)(H,20,21)/t12?,13-,14+/m1/s1. The zero-order valence-corrected chi connectivity index (χ0v) is 12.4. The zero-order chi connectivity index (χ0) is 15.2. The number of carbonyl (C=O) groups excluding carboxylic acids is 1. The van der Waals surface area contributed by atoms with Crippen molar-refractivity contribution in [3.8, 4) is 0 Å². The Bertz CT molecular complexity index is 593. The average Bonchev–Trinajstić information content (AvgIpc) is 3.02. The number of aliphatic carboxylic acids is 1. The van der Waals surface area contributed by atoms with E-state index in [9.17, 15) is 14.7 Å². The lowest BCUT2D eigenvalue weighted by Crippen LogP contribution is -2.33. The van der Waals surface area contributed by atoms with Gasteiger partial charge in [0.2, 0.25) is 5.91 Å². The SMILES string of the molecule is CC1(C)[C@H](C(=O)O)[C@@H]1C(=O)NC1CCCc2ccccc21. The van der Waals surface area contributed by atoms with Gasteiger partial charge < -0.3 is 10.4 Å². The second-order valence-electron chi connectivity index (χ2n) is 6.77. The highest BCUT2D eigenvalue weighted by Gasteiger charge is 2.66. The lowest BCUT2D eigenvalue weighted by atomic mass is 9.87. The number of aryl methyl sites for hydroxylation is 1. The van der Waals surface area contributed by atoms with Crippen LogP contribution >= 0.6 is 0 Å². The van der Waals surface area contributed by atoms with Crippen molar-refractivity contribution in [3.05, 3.63) is 35.4 Å². The number of fused-ring (bicyclic) bond motifs is 1. The first kappa shape index (κ1) is 14.1. The monoisotopic (exact) mass is 287 g/mol. The second kappa shape index (κ2) is 4.86. The van der Waals surface area contributed by atoms with Gasteiger partial charge in [-0.25, -0.2) is 0 Å². The van der Waals surface area contributed by atoms with Gasteiger partial charge in [0.15, 0.2) is 0 Å². The van der Waals surface area contributed by atoms with Crippen LogP contribution in [-0.4, -0.2) is 17.0 Å². The number of hydrogen-bond donors (Lipinski definition) is 2. The maximum atomic E-state index is 12.4. The molecule has 1 aromatic carbocycles. The average molecular weight is 287 g/mol. The molecular weight excluding hydrogens is 266 g/mol. The molecule has 1 unspecified atom stereocenters. The van der Waals surface area contributed by atoms with E-state index < -0.39 is 23.2 Å². The molecule has 2 aliphatic carbocycles. The normalized spacial score (nSPS) is 29.3. The molecule has 0 saturated heterocycles. The number of rotatable bonds is 3. The Hall–Kier alpha value is -1.84. The Labute approximate surface area is 124 Å². The Morgan fingerprint density at radius 1 is 1.24 bits per heavy atom. The largest absolute Gasteiger partial charge is 0.481 e. The van der Waals surface area contributed by atoms with Crippen LogP contribution in [0, 0.1) is 17.3 Å². The molecular formula is C17H21NO3. The summed E-state index contributed by atoms with van der Waals surface area (Å²) in [4.78, 5) is 23.6. The van der Waals surface area contributed by atoms with Gasteiger partial charge in [-0.05, 0) is 35.8 Å². The quantitative estimate of drug-likeness (QED) is 0.897. The van der Waals surface area contributed by atoms with E-state index in [4.69, 9.17) is 0 Å². The Morgan fingerprint density at radius 3 is 2.62 bits per heavy atom. The number of carboxylic acids is 1. The van der Waals surface area contributed by atoms with Crippen LogP contribution in [0.3, 0.4) is 0 Å². The highest BCUT2D eigenvalue weighted by Crippen LogP contribution is 2.58. The van der Waals surface area contributed by atoms with Crippen molar-refractivity contribution in [1.82, 2.24) is 5.32 Å². The van der Waals surface area contributed by atoms with E-state index in [1.807, 2.05) is 26.0 Å². The molecule has 2 aliphatic rings. The fourth-order valence-corrected chi connectivity index (χ4v) is 3.75. The van der Waals surface area contributed by atoms with Crippen molar-refractivity contribution < 1.29 is 14.7 Å². The molecule has 2 N–H and O–H groups in total. The van der Waals surface area contributed by atoms with Gasteiger partial charge in [-0.1, -0.05) is 38.1 Å². The van der Waals surface area contributed by atoms with Crippen molar-refractivity contribution in [2.24, 2.45) is 17.3 Å². The maximum absolute atomic E-state index is 12.4. The van der Waals surface area contributed by atoms with Crippen LogP contribution in [-0.2, 0) is 16.0 Å². The number of benzene rings is 1. The number of nitrogens with one attached hydrogen (secondary N) is 1. The molecule has 0 spiro atoms. The summed E-state index contributed by atoms with van der Waals surface area (Å²) < 4.78 is 0. The van der Waals surface area contributed by atoms with E-state index in [0.29, 0.717) is 0 Å². The summed E-state index contributed by atoms with van der Waals surface area (Å²) in [7, 11) is 0. The molecule has 112 valence electrons. The second-order valence-corrected chi connectivity index (χ2v) is 6.77. The molecule has 21 heavy (non-hydrogen) atoms. The predicted octanol–water partition coefficient (Wildman–Crippen LogP) is 2.54. The third-order valence-corrected chi connectivity index (χ3v) is 5.06. The van der Waals surface area contributed by atoms with Crippen LogP contribution in [0.15, 0.2) is 24.3 Å². The van der Waals surface area contributed by atoms with Gasteiger partial charge in [0.05, 0.1) is 17.9 Å². The minimum absolute atomic E-state index is 0.0216. The summed E-state index contributed by atoms with van der Waals surface area (Å²) in [5.41, 5.74) is 2.03. The smallest absolute Gasteiger partial charge is 0.307 e. The van der Waals surface area contributed by atoms with Gasteiger partial charge in [0.25, 0.3) is 0 Å². The first-order chi connectivity index (χ1) is 9.93. The van der Waals surface area contributed by atoms with E-state index in [2.05, 4.69) is 17.4 Å². The highest BCUT2D eigenvalue weighted by molar-refractivity contribution is 5.91. The summed E-state index contributed by atoms with van der Waals surface area (Å²) in [5, 5.41) is 12.3. The Balaban J connectivity index is 1.74. The summed E-state index contributed by atoms with van der Waals surface area (Å²) in [6.45, 7) is 3.70. The number of carbonyl (C=O) groups is 2. The molecule has 3 rings (SSSR count). The summed E-state index contributed by atoms with van der Waals surface area (Å²) in [6.07, 6.45) is 3.03.